The van der Waals surface area contributed by atoms with E-state index in [9.17, 15) is 0 Å². The van der Waals surface area contributed by atoms with E-state index < -0.39 is 0 Å². The highest BCUT2D eigenvalue weighted by molar-refractivity contribution is 6.24. The van der Waals surface area contributed by atoms with Gasteiger partial charge in [0.05, 0.1) is 33.5 Å². The first-order chi connectivity index (χ1) is 34.7. The number of hydrogen-bond acceptors (Lipinski definition) is 3. The Morgan fingerprint density at radius 1 is 0.286 bits per heavy atom. The molecule has 0 fully saturated rings. The maximum atomic E-state index is 6.67. The molecule has 326 valence electrons. The summed E-state index contributed by atoms with van der Waals surface area (Å²) in [5.41, 5.74) is 18.6. The number of benzene rings is 10. The van der Waals surface area contributed by atoms with Crippen molar-refractivity contribution in [2.24, 2.45) is 0 Å². The Bertz CT molecular complexity index is 4580. The third-order valence-corrected chi connectivity index (χ3v) is 14.3. The fraction of sp³-hybridized carbons (Fsp3) is 0. The predicted octanol–water partition coefficient (Wildman–Crippen LogP) is 17.7. The molecule has 0 radical (unpaired) electrons. The molecule has 0 N–H and O–H groups in total. The van der Waals surface area contributed by atoms with Crippen LogP contribution in [-0.4, -0.2) is 14.1 Å². The molecule has 0 aliphatic heterocycles. The Labute approximate surface area is 401 Å². The molecule has 0 aliphatic carbocycles. The number of para-hydroxylation sites is 4. The van der Waals surface area contributed by atoms with Gasteiger partial charge in [0, 0.05) is 65.6 Å². The number of fused-ring (bicyclic) bond motifs is 13. The highest BCUT2D eigenvalue weighted by Gasteiger charge is 2.23. The summed E-state index contributed by atoms with van der Waals surface area (Å²) >= 11 is 0. The van der Waals surface area contributed by atoms with Gasteiger partial charge in [-0.3, -0.25) is 0 Å². The van der Waals surface area contributed by atoms with E-state index >= 15 is 0 Å². The molecule has 10 aromatic carbocycles. The second kappa shape index (κ2) is 15.0. The van der Waals surface area contributed by atoms with Crippen LogP contribution in [0.4, 0.5) is 0 Å². The summed E-state index contributed by atoms with van der Waals surface area (Å²) in [6.45, 7) is 0. The molecular formula is C65H39N3O2. The Kier molecular flexibility index (Phi) is 8.29. The summed E-state index contributed by atoms with van der Waals surface area (Å²) in [6, 6.07) is 84.4. The Hall–Kier alpha value is -9.45. The summed E-state index contributed by atoms with van der Waals surface area (Å²) < 4.78 is 17.9. The highest BCUT2D eigenvalue weighted by Crippen LogP contribution is 2.45. The summed E-state index contributed by atoms with van der Waals surface area (Å²) in [6.07, 6.45) is 0. The van der Waals surface area contributed by atoms with Gasteiger partial charge < -0.3 is 18.0 Å². The van der Waals surface area contributed by atoms with E-state index in [0.29, 0.717) is 0 Å². The van der Waals surface area contributed by atoms with E-state index in [4.69, 9.17) is 13.8 Å². The molecule has 0 aliphatic rings. The Morgan fingerprint density at radius 3 is 1.57 bits per heavy atom. The quantitative estimate of drug-likeness (QED) is 0.167. The second-order valence-electron chi connectivity index (χ2n) is 18.2. The van der Waals surface area contributed by atoms with Crippen LogP contribution >= 0.6 is 0 Å². The molecule has 15 rings (SSSR count). The smallest absolute Gasteiger partial charge is 0.136 e. The summed E-state index contributed by atoms with van der Waals surface area (Å²) in [5, 5.41) is 9.19. The van der Waals surface area contributed by atoms with Crippen LogP contribution in [0.5, 0.6) is 0 Å². The fourth-order valence-electron chi connectivity index (χ4n) is 11.1. The average Bonchev–Trinajstić information content (AvgIpc) is 4.19. The van der Waals surface area contributed by atoms with Crippen molar-refractivity contribution in [2.75, 3.05) is 0 Å². The topological polar surface area (TPSA) is 49.0 Å². The molecule has 0 spiro atoms. The van der Waals surface area contributed by atoms with Crippen LogP contribution < -0.4 is 0 Å². The summed E-state index contributed by atoms with van der Waals surface area (Å²) in [5.74, 6) is 0. The lowest BCUT2D eigenvalue weighted by molar-refractivity contribution is 0.668. The number of rotatable bonds is 6. The van der Waals surface area contributed by atoms with Crippen LogP contribution in [0.2, 0.25) is 0 Å². The Morgan fingerprint density at radius 2 is 0.814 bits per heavy atom. The molecule has 5 nitrogen and oxygen atoms in total. The third kappa shape index (κ3) is 5.82. The lowest BCUT2D eigenvalue weighted by Gasteiger charge is -2.12. The minimum atomic E-state index is 0.840. The van der Waals surface area contributed by atoms with Crippen LogP contribution in [0, 0.1) is 0 Å². The van der Waals surface area contributed by atoms with Gasteiger partial charge in [-0.1, -0.05) is 146 Å². The van der Waals surface area contributed by atoms with Gasteiger partial charge in [-0.15, -0.1) is 0 Å². The first-order valence-corrected chi connectivity index (χ1v) is 23.8. The zero-order valence-electron chi connectivity index (χ0n) is 37.7. The van der Waals surface area contributed by atoms with Gasteiger partial charge in [-0.2, -0.15) is 0 Å². The minimum Gasteiger partial charge on any atom is -0.456 e. The fourth-order valence-corrected chi connectivity index (χ4v) is 11.1. The number of pyridine rings is 1. The standard InChI is InChI=1S/C65H39N3O2/c1-4-15-40(16-5-1)55-37-44(38-56(66-55)43-27-30-50-49-22-11-13-25-59(49)70-62(50)39-43)47-23-14-26-61-63(47)54-36-42(29-34-60(54)69-61)41-28-33-58-53(35-41)52-32-31-51-48-21-10-12-24-57(48)67(45-17-6-2-7-18-45)64(51)65(52)68(58)46-19-8-3-9-20-46/h1-39H. The largest absolute Gasteiger partial charge is 0.456 e. The van der Waals surface area contributed by atoms with Gasteiger partial charge in [0.1, 0.15) is 22.3 Å². The molecule has 0 saturated carbocycles. The number of hydrogen-bond donors (Lipinski definition) is 0. The molecule has 0 atom stereocenters. The van der Waals surface area contributed by atoms with Crippen molar-refractivity contribution < 1.29 is 8.83 Å². The van der Waals surface area contributed by atoms with Gasteiger partial charge in [-0.05, 0) is 113 Å². The van der Waals surface area contributed by atoms with Gasteiger partial charge in [0.2, 0.25) is 0 Å². The molecule has 5 aromatic heterocycles. The number of nitrogens with zero attached hydrogens (tertiary/aromatic N) is 3. The molecule has 0 bridgehead atoms. The van der Waals surface area contributed by atoms with Crippen LogP contribution in [0.3, 0.4) is 0 Å². The molecule has 0 amide bonds. The van der Waals surface area contributed by atoms with Gasteiger partial charge in [0.25, 0.3) is 0 Å². The molecule has 15 aromatic rings. The van der Waals surface area contributed by atoms with Gasteiger partial charge in [0.15, 0.2) is 0 Å². The van der Waals surface area contributed by atoms with Gasteiger partial charge >= 0.3 is 0 Å². The van der Waals surface area contributed by atoms with E-state index in [2.05, 4.69) is 228 Å². The van der Waals surface area contributed by atoms with E-state index in [1.165, 1.54) is 38.1 Å². The molecule has 0 saturated heterocycles. The second-order valence-corrected chi connectivity index (χ2v) is 18.2. The van der Waals surface area contributed by atoms with E-state index in [1.807, 2.05) is 18.2 Å². The highest BCUT2D eigenvalue weighted by atomic mass is 16.3. The molecule has 5 heteroatoms. The zero-order chi connectivity index (χ0) is 45.9. The van der Waals surface area contributed by atoms with Crippen LogP contribution in [-0.2, 0) is 0 Å². The lowest BCUT2D eigenvalue weighted by Crippen LogP contribution is -1.98. The number of furan rings is 2. The zero-order valence-corrected chi connectivity index (χ0v) is 37.7. The van der Waals surface area contributed by atoms with Gasteiger partial charge in [-0.25, -0.2) is 4.98 Å². The maximum Gasteiger partial charge on any atom is 0.136 e. The first-order valence-electron chi connectivity index (χ1n) is 23.8. The maximum absolute atomic E-state index is 6.67. The van der Waals surface area contributed by atoms with Crippen molar-refractivity contribution >= 4 is 87.5 Å². The normalized spacial score (nSPS) is 12.0. The van der Waals surface area contributed by atoms with Crippen molar-refractivity contribution in [1.82, 2.24) is 14.1 Å². The predicted molar refractivity (Wildman–Crippen MR) is 289 cm³/mol. The van der Waals surface area contributed by atoms with Crippen molar-refractivity contribution in [3.8, 4) is 56.1 Å². The lowest BCUT2D eigenvalue weighted by atomic mass is 9.95. The molecule has 5 heterocycles. The van der Waals surface area contributed by atoms with E-state index in [-0.39, 0.29) is 0 Å². The summed E-state index contributed by atoms with van der Waals surface area (Å²) in [7, 11) is 0. The monoisotopic (exact) mass is 893 g/mol. The molecular weight excluding hydrogens is 855 g/mol. The van der Waals surface area contributed by atoms with Crippen molar-refractivity contribution in [1.29, 1.82) is 0 Å². The van der Waals surface area contributed by atoms with Crippen LogP contribution in [0.15, 0.2) is 245 Å². The number of aromatic nitrogens is 3. The molecule has 0 unspecified atom stereocenters. The average molecular weight is 894 g/mol. The minimum absolute atomic E-state index is 0.840. The third-order valence-electron chi connectivity index (χ3n) is 14.3. The molecule has 70 heavy (non-hydrogen) atoms. The van der Waals surface area contributed by atoms with Crippen molar-refractivity contribution in [3.05, 3.63) is 237 Å². The van der Waals surface area contributed by atoms with Crippen LogP contribution in [0.1, 0.15) is 0 Å². The van der Waals surface area contributed by atoms with E-state index in [0.717, 1.165) is 106 Å². The van der Waals surface area contributed by atoms with E-state index in [1.54, 1.807) is 0 Å². The van der Waals surface area contributed by atoms with Crippen molar-refractivity contribution in [3.63, 3.8) is 0 Å². The first kappa shape index (κ1) is 38.6. The van der Waals surface area contributed by atoms with Crippen molar-refractivity contribution in [2.45, 2.75) is 0 Å². The van der Waals surface area contributed by atoms with Crippen LogP contribution in [0.25, 0.3) is 144 Å². The summed E-state index contributed by atoms with van der Waals surface area (Å²) in [4.78, 5) is 5.29. The Balaban J connectivity index is 0.928. The SMILES string of the molecule is c1ccc(-c2cc(-c3cccc4oc5ccc(-c6ccc7c(c6)c6ccc8c9ccccc9n(-c9ccccc9)c8c6n7-c6ccccc6)cc5c34)cc(-c3ccc4c(c3)oc3ccccc34)n2)cc1.